The van der Waals surface area contributed by atoms with E-state index >= 15 is 4.39 Å². The number of carboxylic acid groups (broad SMARTS) is 1. The van der Waals surface area contributed by atoms with Crippen LogP contribution in [0.15, 0.2) is 66.7 Å². The number of carbonyl (C=O) groups is 2. The minimum absolute atomic E-state index is 0.137. The molecule has 4 rings (SSSR count). The molecule has 3 aromatic rings. The monoisotopic (exact) mass is 586 g/mol. The molecule has 1 aliphatic heterocycles. The second kappa shape index (κ2) is 14.8. The minimum atomic E-state index is -1.51. The number of amides is 2. The number of nitrogens with zero attached hydrogens (tertiary/aromatic N) is 2. The third-order valence-corrected chi connectivity index (χ3v) is 8.13. The average molecular weight is 587 g/mol. The van der Waals surface area contributed by atoms with E-state index in [1.807, 2.05) is 43.3 Å². The molecular weight excluding hydrogens is 547 g/mol. The van der Waals surface area contributed by atoms with Crippen LogP contribution in [0.5, 0.6) is 0 Å². The number of aryl methyl sites for hydroxylation is 1. The van der Waals surface area contributed by atoms with E-state index in [1.54, 1.807) is 29.2 Å². The van der Waals surface area contributed by atoms with Crippen molar-refractivity contribution in [1.29, 1.82) is 5.26 Å². The maximum atomic E-state index is 15.5. The summed E-state index contributed by atoms with van der Waals surface area (Å²) in [6, 6.07) is 21.7. The summed E-state index contributed by atoms with van der Waals surface area (Å²) in [4.78, 5) is 26.4. The van der Waals surface area contributed by atoms with Gasteiger partial charge in [-0.25, -0.2) is 9.18 Å². The van der Waals surface area contributed by atoms with E-state index in [0.717, 1.165) is 11.1 Å². The Morgan fingerprint density at radius 3 is 2.60 bits per heavy atom. The largest absolute Gasteiger partial charge is 0.465 e. The number of likely N-dealkylation sites (tertiary alicyclic amines) is 1. The van der Waals surface area contributed by atoms with Gasteiger partial charge in [-0.05, 0) is 67.5 Å². The van der Waals surface area contributed by atoms with E-state index < -0.39 is 23.4 Å². The lowest BCUT2D eigenvalue weighted by Crippen LogP contribution is -2.48. The second-order valence-electron chi connectivity index (χ2n) is 11.2. The zero-order valence-corrected chi connectivity index (χ0v) is 24.5. The summed E-state index contributed by atoms with van der Waals surface area (Å²) in [6.45, 7) is 4.08. The lowest BCUT2D eigenvalue weighted by Gasteiger charge is -2.43. The van der Waals surface area contributed by atoms with Gasteiger partial charge in [-0.15, -0.1) is 0 Å². The molecular formula is C34H39FN4O4. The Morgan fingerprint density at radius 1 is 1.12 bits per heavy atom. The molecule has 43 heavy (non-hydrogen) atoms. The zero-order chi connectivity index (χ0) is 30.8. The fourth-order valence-electron chi connectivity index (χ4n) is 5.97. The molecule has 0 spiro atoms. The molecule has 1 heterocycles. The molecule has 0 saturated carbocycles. The number of nitrogens with one attached hydrogen (secondary N) is 2. The fourth-order valence-corrected chi connectivity index (χ4v) is 5.97. The second-order valence-corrected chi connectivity index (χ2v) is 11.2. The lowest BCUT2D eigenvalue weighted by molar-refractivity contribution is -0.0564. The predicted octanol–water partition coefficient (Wildman–Crippen LogP) is 5.59. The molecule has 2 amide bonds. The molecule has 0 unspecified atom stereocenters. The van der Waals surface area contributed by atoms with E-state index in [1.165, 1.54) is 6.07 Å². The van der Waals surface area contributed by atoms with Crippen LogP contribution in [0.25, 0.3) is 11.1 Å². The molecule has 3 aromatic carbocycles. The molecule has 0 bridgehead atoms. The van der Waals surface area contributed by atoms with Gasteiger partial charge in [0.05, 0.1) is 11.7 Å². The molecule has 1 aliphatic rings. The summed E-state index contributed by atoms with van der Waals surface area (Å²) in [7, 11) is 0. The van der Waals surface area contributed by atoms with E-state index in [-0.39, 0.29) is 25.4 Å². The van der Waals surface area contributed by atoms with Crippen LogP contribution in [-0.4, -0.2) is 53.3 Å². The molecule has 4 N–H and O–H groups in total. The highest BCUT2D eigenvalue weighted by molar-refractivity contribution is 5.94. The van der Waals surface area contributed by atoms with Crippen molar-refractivity contribution in [3.63, 3.8) is 0 Å². The van der Waals surface area contributed by atoms with Crippen LogP contribution in [0.1, 0.15) is 59.2 Å². The topological polar surface area (TPSA) is 126 Å². The van der Waals surface area contributed by atoms with Crippen molar-refractivity contribution in [2.45, 2.75) is 51.2 Å². The normalized spacial score (nSPS) is 16.2. The molecule has 2 atom stereocenters. The van der Waals surface area contributed by atoms with Crippen LogP contribution < -0.4 is 10.6 Å². The number of halogens is 1. The van der Waals surface area contributed by atoms with Crippen LogP contribution in [-0.2, 0) is 12.1 Å². The van der Waals surface area contributed by atoms with Crippen molar-refractivity contribution in [3.8, 4) is 17.2 Å². The standard InChI is InChI=1S/C34H39FN4O4/c1-24-7-2-8-27(21-24)31-29(10-3-11-30(31)35)34(43,16-5-19-38-33(41)42)28-9-4-20-39(23-28)32(40)26-14-12-25(13-15-26)22-37-18-6-17-36/h2-3,7-8,10-15,21,28,37-38,43H,4-6,9,16,18-20,22-23H2,1H3,(H,41,42)/t28-,34+/m1/s1. The summed E-state index contributed by atoms with van der Waals surface area (Å²) in [5.41, 5.74) is 2.41. The summed E-state index contributed by atoms with van der Waals surface area (Å²) >= 11 is 0. The molecule has 226 valence electrons. The smallest absolute Gasteiger partial charge is 0.404 e. The van der Waals surface area contributed by atoms with Crippen molar-refractivity contribution < 1.29 is 24.2 Å². The minimum Gasteiger partial charge on any atom is -0.465 e. The molecule has 8 nitrogen and oxygen atoms in total. The Kier molecular flexibility index (Phi) is 10.9. The number of aliphatic hydroxyl groups is 1. The summed E-state index contributed by atoms with van der Waals surface area (Å²) in [5.74, 6) is -0.984. The van der Waals surface area contributed by atoms with E-state index in [4.69, 9.17) is 10.4 Å². The molecule has 1 saturated heterocycles. The van der Waals surface area contributed by atoms with Crippen molar-refractivity contribution in [2.24, 2.45) is 5.92 Å². The van der Waals surface area contributed by atoms with E-state index in [0.29, 0.717) is 67.6 Å². The first-order valence-electron chi connectivity index (χ1n) is 14.7. The molecule has 0 aromatic heterocycles. The number of nitriles is 1. The quantitative estimate of drug-likeness (QED) is 0.205. The van der Waals surface area contributed by atoms with Crippen molar-refractivity contribution in [2.75, 3.05) is 26.2 Å². The Labute approximate surface area is 252 Å². The van der Waals surface area contributed by atoms with Crippen molar-refractivity contribution in [3.05, 3.63) is 94.8 Å². The maximum absolute atomic E-state index is 15.5. The van der Waals surface area contributed by atoms with Gasteiger partial charge in [0.1, 0.15) is 5.82 Å². The summed E-state index contributed by atoms with van der Waals surface area (Å²) < 4.78 is 15.5. The number of hydrogen-bond donors (Lipinski definition) is 4. The van der Waals surface area contributed by atoms with Gasteiger partial charge in [0.25, 0.3) is 5.91 Å². The highest BCUT2D eigenvalue weighted by atomic mass is 19.1. The van der Waals surface area contributed by atoms with Gasteiger partial charge in [-0.3, -0.25) is 4.79 Å². The van der Waals surface area contributed by atoms with E-state index in [2.05, 4.69) is 16.7 Å². The lowest BCUT2D eigenvalue weighted by atomic mass is 9.72. The molecule has 1 fully saturated rings. The highest BCUT2D eigenvalue weighted by Gasteiger charge is 2.43. The number of piperidine rings is 1. The van der Waals surface area contributed by atoms with Crippen molar-refractivity contribution >= 4 is 12.0 Å². The Morgan fingerprint density at radius 2 is 1.88 bits per heavy atom. The average Bonchev–Trinajstić information content (AvgIpc) is 3.01. The first-order valence-corrected chi connectivity index (χ1v) is 14.7. The van der Waals surface area contributed by atoms with Gasteiger partial charge in [0.2, 0.25) is 0 Å². The van der Waals surface area contributed by atoms with Crippen LogP contribution in [0.2, 0.25) is 0 Å². The SMILES string of the molecule is Cc1cccc(-c2c(F)cccc2[C@](O)(CCCNC(=O)O)[C@@H]2CCCN(C(=O)c3ccc(CNCCC#N)cc3)C2)c1. The predicted molar refractivity (Wildman–Crippen MR) is 163 cm³/mol. The van der Waals surface area contributed by atoms with Crippen LogP contribution in [0.3, 0.4) is 0 Å². The number of carbonyl (C=O) groups excluding carboxylic acids is 1. The van der Waals surface area contributed by atoms with Gasteiger partial charge in [0.15, 0.2) is 0 Å². The third-order valence-electron chi connectivity index (χ3n) is 8.13. The van der Waals surface area contributed by atoms with Gasteiger partial charge in [-0.1, -0.05) is 54.1 Å². The number of benzene rings is 3. The molecule has 0 aliphatic carbocycles. The first kappa shape index (κ1) is 31.7. The Balaban J connectivity index is 1.61. The van der Waals surface area contributed by atoms with E-state index in [9.17, 15) is 14.7 Å². The van der Waals surface area contributed by atoms with Gasteiger partial charge in [0, 0.05) is 56.2 Å². The Bertz CT molecular complexity index is 1460. The zero-order valence-electron chi connectivity index (χ0n) is 24.5. The van der Waals surface area contributed by atoms with Gasteiger partial charge >= 0.3 is 6.09 Å². The molecule has 9 heteroatoms. The maximum Gasteiger partial charge on any atom is 0.404 e. The number of rotatable bonds is 12. The Hall–Kier alpha value is -4.26. The summed E-state index contributed by atoms with van der Waals surface area (Å²) in [6.07, 6.45) is 1.10. The van der Waals surface area contributed by atoms with Gasteiger partial charge < -0.3 is 25.7 Å². The highest BCUT2D eigenvalue weighted by Crippen LogP contribution is 2.44. The number of hydrogen-bond acceptors (Lipinski definition) is 5. The summed E-state index contributed by atoms with van der Waals surface area (Å²) in [5, 5.41) is 35.8. The van der Waals surface area contributed by atoms with Crippen molar-refractivity contribution in [1.82, 2.24) is 15.5 Å². The van der Waals surface area contributed by atoms with Crippen LogP contribution in [0, 0.1) is 30.0 Å². The first-order chi connectivity index (χ1) is 20.7. The molecule has 0 radical (unpaired) electrons. The third kappa shape index (κ3) is 7.98. The van der Waals surface area contributed by atoms with Gasteiger partial charge in [-0.2, -0.15) is 5.26 Å². The van der Waals surface area contributed by atoms with Crippen LogP contribution in [0.4, 0.5) is 9.18 Å². The van der Waals surface area contributed by atoms with Crippen LogP contribution >= 0.6 is 0 Å². The fraction of sp³-hybridized carbons (Fsp3) is 0.382.